The summed E-state index contributed by atoms with van der Waals surface area (Å²) in [5.74, 6) is 0.254. The van der Waals surface area contributed by atoms with Crippen LogP contribution in [0.4, 0.5) is 5.69 Å². The van der Waals surface area contributed by atoms with Crippen molar-refractivity contribution >= 4 is 45.1 Å². The van der Waals surface area contributed by atoms with Crippen LogP contribution in [0.3, 0.4) is 0 Å². The Hall–Kier alpha value is -2.28. The fraction of sp³-hybridized carbons (Fsp3) is 0.450. The molecule has 0 amide bonds. The van der Waals surface area contributed by atoms with Crippen molar-refractivity contribution < 1.29 is 14.7 Å². The number of aromatic amines is 1. The van der Waals surface area contributed by atoms with E-state index in [9.17, 15) is 9.59 Å². The molecule has 27 heavy (non-hydrogen) atoms. The minimum Gasteiger partial charge on any atom is -0.481 e. The number of aliphatic carboxylic acids is 1. The summed E-state index contributed by atoms with van der Waals surface area (Å²) in [6.07, 6.45) is 3.13. The fourth-order valence-electron chi connectivity index (χ4n) is 3.80. The molecule has 1 aromatic carbocycles. The molecule has 142 valence electrons. The molecular weight excluding hydrogens is 362 g/mol. The SMILES string of the molecule is Cc1cc(NC2CCC(=O)CC2)c2[nH]c(C3=NC(CC(=O)O)CS3)cc2c1. The second-order valence-electron chi connectivity index (χ2n) is 7.41. The first-order valence-electron chi connectivity index (χ1n) is 9.32. The van der Waals surface area contributed by atoms with Crippen LogP contribution in [0.5, 0.6) is 0 Å². The van der Waals surface area contributed by atoms with E-state index in [1.54, 1.807) is 11.8 Å². The van der Waals surface area contributed by atoms with E-state index in [1.165, 1.54) is 5.56 Å². The standard InChI is InChI=1S/C20H23N3O3S/c1-11-6-12-8-17(20-22-14(10-27-20)9-18(25)26)23-19(12)16(7-11)21-13-2-4-15(24)5-3-13/h6-8,13-14,21,23H,2-5,9-10H2,1H3,(H,25,26). The van der Waals surface area contributed by atoms with Crippen molar-refractivity contribution in [3.8, 4) is 0 Å². The number of benzene rings is 1. The van der Waals surface area contributed by atoms with Crippen molar-refractivity contribution in [2.24, 2.45) is 4.99 Å². The molecule has 4 rings (SSSR count). The van der Waals surface area contributed by atoms with E-state index in [0.29, 0.717) is 30.4 Å². The normalized spacial score (nSPS) is 20.9. The van der Waals surface area contributed by atoms with Crippen LogP contribution in [-0.4, -0.2) is 44.7 Å². The zero-order valence-corrected chi connectivity index (χ0v) is 16.1. The first-order valence-corrected chi connectivity index (χ1v) is 10.3. The highest BCUT2D eigenvalue weighted by Gasteiger charge is 2.24. The highest BCUT2D eigenvalue weighted by molar-refractivity contribution is 8.14. The number of anilines is 1. The Balaban J connectivity index is 1.60. The van der Waals surface area contributed by atoms with Crippen LogP contribution >= 0.6 is 11.8 Å². The number of carbonyl (C=O) groups excluding carboxylic acids is 1. The molecular formula is C20H23N3O3S. The number of carbonyl (C=O) groups is 2. The summed E-state index contributed by atoms with van der Waals surface area (Å²) in [6, 6.07) is 6.52. The molecule has 0 bridgehead atoms. The minimum absolute atomic E-state index is 0.0725. The van der Waals surface area contributed by atoms with E-state index in [1.807, 2.05) is 0 Å². The number of H-pyrrole nitrogens is 1. The van der Waals surface area contributed by atoms with Gasteiger partial charge >= 0.3 is 5.97 Å². The van der Waals surface area contributed by atoms with E-state index in [4.69, 9.17) is 5.11 Å². The van der Waals surface area contributed by atoms with Gasteiger partial charge in [0, 0.05) is 30.0 Å². The third-order valence-corrected chi connectivity index (χ3v) is 6.28. The van der Waals surface area contributed by atoms with Crippen LogP contribution in [0.2, 0.25) is 0 Å². The Morgan fingerprint density at radius 3 is 2.85 bits per heavy atom. The van der Waals surface area contributed by atoms with Crippen LogP contribution in [0.15, 0.2) is 23.2 Å². The molecule has 6 nitrogen and oxygen atoms in total. The average molecular weight is 385 g/mol. The van der Waals surface area contributed by atoms with Gasteiger partial charge in [-0.25, -0.2) is 0 Å². The van der Waals surface area contributed by atoms with Gasteiger partial charge in [0.15, 0.2) is 0 Å². The second kappa shape index (κ2) is 7.38. The number of thioether (sulfide) groups is 1. The topological polar surface area (TPSA) is 94.5 Å². The number of hydrogen-bond donors (Lipinski definition) is 3. The number of aromatic nitrogens is 1. The van der Waals surface area contributed by atoms with Crippen molar-refractivity contribution in [2.45, 2.75) is 51.1 Å². The molecule has 1 atom stereocenters. The van der Waals surface area contributed by atoms with Gasteiger partial charge in [-0.2, -0.15) is 0 Å². The molecule has 1 aliphatic heterocycles. The predicted octanol–water partition coefficient (Wildman–Crippen LogP) is 3.74. The zero-order valence-electron chi connectivity index (χ0n) is 15.2. The molecule has 1 aliphatic carbocycles. The molecule has 2 aliphatic rings. The molecule has 1 saturated carbocycles. The van der Waals surface area contributed by atoms with Crippen LogP contribution in [0.25, 0.3) is 10.9 Å². The van der Waals surface area contributed by atoms with E-state index in [-0.39, 0.29) is 12.5 Å². The van der Waals surface area contributed by atoms with Gasteiger partial charge in [-0.15, -0.1) is 11.8 Å². The van der Waals surface area contributed by atoms with Crippen LogP contribution in [-0.2, 0) is 9.59 Å². The lowest BCUT2D eigenvalue weighted by Gasteiger charge is -2.23. The van der Waals surface area contributed by atoms with Gasteiger partial charge in [0.2, 0.25) is 0 Å². The molecule has 3 N–H and O–H groups in total. The molecule has 0 saturated heterocycles. The smallest absolute Gasteiger partial charge is 0.305 e. The van der Waals surface area contributed by atoms with Gasteiger partial charge in [-0.1, -0.05) is 0 Å². The Bertz CT molecular complexity index is 924. The van der Waals surface area contributed by atoms with E-state index in [0.717, 1.165) is 40.2 Å². The maximum Gasteiger partial charge on any atom is 0.305 e. The number of fused-ring (bicyclic) bond motifs is 1. The molecule has 1 unspecified atom stereocenters. The number of carboxylic acids is 1. The van der Waals surface area contributed by atoms with Crippen molar-refractivity contribution in [1.29, 1.82) is 0 Å². The quantitative estimate of drug-likeness (QED) is 0.729. The lowest BCUT2D eigenvalue weighted by molar-refractivity contribution is -0.137. The lowest BCUT2D eigenvalue weighted by atomic mass is 9.94. The van der Waals surface area contributed by atoms with Gasteiger partial charge < -0.3 is 15.4 Å². The predicted molar refractivity (Wildman–Crippen MR) is 109 cm³/mol. The van der Waals surface area contributed by atoms with E-state index in [2.05, 4.69) is 40.4 Å². The number of ketones is 1. The summed E-state index contributed by atoms with van der Waals surface area (Å²) in [7, 11) is 0. The summed E-state index contributed by atoms with van der Waals surface area (Å²) in [5, 5.41) is 14.6. The molecule has 2 aromatic rings. The minimum atomic E-state index is -0.810. The largest absolute Gasteiger partial charge is 0.481 e. The highest BCUT2D eigenvalue weighted by atomic mass is 32.2. The molecule has 1 fully saturated rings. The molecule has 2 heterocycles. The molecule has 7 heteroatoms. The fourth-order valence-corrected chi connectivity index (χ4v) is 4.83. The maximum absolute atomic E-state index is 11.5. The molecule has 0 radical (unpaired) electrons. The number of nitrogens with zero attached hydrogens (tertiary/aromatic N) is 1. The van der Waals surface area contributed by atoms with Crippen molar-refractivity contribution in [3.63, 3.8) is 0 Å². The van der Waals surface area contributed by atoms with Crippen molar-refractivity contribution in [3.05, 3.63) is 29.5 Å². The summed E-state index contributed by atoms with van der Waals surface area (Å²) in [6.45, 7) is 2.08. The van der Waals surface area contributed by atoms with Gasteiger partial charge in [-0.3, -0.25) is 14.6 Å². The van der Waals surface area contributed by atoms with Crippen LogP contribution in [0.1, 0.15) is 43.4 Å². The Kier molecular flexibility index (Phi) is 4.95. The highest BCUT2D eigenvalue weighted by Crippen LogP contribution is 2.32. The van der Waals surface area contributed by atoms with Gasteiger partial charge in [0.1, 0.15) is 10.8 Å². The Morgan fingerprint density at radius 2 is 2.11 bits per heavy atom. The summed E-state index contributed by atoms with van der Waals surface area (Å²) in [5.41, 5.74) is 4.21. The van der Waals surface area contributed by atoms with E-state index < -0.39 is 5.97 Å². The van der Waals surface area contributed by atoms with E-state index >= 15 is 0 Å². The first kappa shape index (κ1) is 18.1. The summed E-state index contributed by atoms with van der Waals surface area (Å²) < 4.78 is 0. The number of aliphatic imine (C=N–C) groups is 1. The van der Waals surface area contributed by atoms with Gasteiger partial charge in [0.05, 0.1) is 29.4 Å². The summed E-state index contributed by atoms with van der Waals surface area (Å²) >= 11 is 1.60. The summed E-state index contributed by atoms with van der Waals surface area (Å²) in [4.78, 5) is 30.5. The second-order valence-corrected chi connectivity index (χ2v) is 8.42. The zero-order chi connectivity index (χ0) is 19.0. The Morgan fingerprint density at radius 1 is 1.33 bits per heavy atom. The number of carboxylic acid groups (broad SMARTS) is 1. The van der Waals surface area contributed by atoms with Crippen LogP contribution < -0.4 is 5.32 Å². The van der Waals surface area contributed by atoms with Gasteiger partial charge in [0.25, 0.3) is 0 Å². The third kappa shape index (κ3) is 4.03. The molecule has 1 aromatic heterocycles. The van der Waals surface area contributed by atoms with Crippen LogP contribution in [0, 0.1) is 6.92 Å². The van der Waals surface area contributed by atoms with Gasteiger partial charge in [-0.05, 0) is 43.5 Å². The monoisotopic (exact) mass is 385 g/mol. The first-order chi connectivity index (χ1) is 13.0. The van der Waals surface area contributed by atoms with Crippen molar-refractivity contribution in [1.82, 2.24) is 4.98 Å². The number of hydrogen-bond acceptors (Lipinski definition) is 5. The number of nitrogens with one attached hydrogen (secondary N) is 2. The number of rotatable bonds is 5. The van der Waals surface area contributed by atoms with Crippen molar-refractivity contribution in [2.75, 3.05) is 11.1 Å². The lowest BCUT2D eigenvalue weighted by Crippen LogP contribution is -2.26. The third-order valence-electron chi connectivity index (χ3n) is 5.13. The number of aryl methyl sites for hydroxylation is 1. The number of Topliss-reactive ketones (excluding diaryl/α,β-unsaturated/α-hetero) is 1. The molecule has 0 spiro atoms. The average Bonchev–Trinajstić information content (AvgIpc) is 3.23. The Labute approximate surface area is 161 Å². The maximum atomic E-state index is 11.5.